The number of carbonyl (C=O) groups is 3. The van der Waals surface area contributed by atoms with Gasteiger partial charge in [0.25, 0.3) is 5.91 Å². The average molecular weight is 418 g/mol. The normalized spacial score (nSPS) is 11.2. The van der Waals surface area contributed by atoms with Crippen LogP contribution < -0.4 is 10.6 Å². The molecule has 7 heteroatoms. The van der Waals surface area contributed by atoms with Crippen molar-refractivity contribution in [2.24, 2.45) is 0 Å². The van der Waals surface area contributed by atoms with E-state index in [0.717, 1.165) is 5.56 Å². The number of alkyl carbamates (subject to hydrolysis) is 1. The third-order valence-electron chi connectivity index (χ3n) is 4.47. The van der Waals surface area contributed by atoms with Crippen LogP contribution in [-0.2, 0) is 22.6 Å². The average Bonchev–Trinajstić information content (AvgIpc) is 2.80. The molecule has 0 unspecified atom stereocenters. The zero-order chi connectivity index (χ0) is 22.1. The van der Waals surface area contributed by atoms with Gasteiger partial charge in [0.2, 0.25) is 5.91 Å². The second-order valence-electron chi connectivity index (χ2n) is 6.81. The highest BCUT2D eigenvalue weighted by Crippen LogP contribution is 2.12. The van der Waals surface area contributed by atoms with Crippen molar-refractivity contribution in [2.45, 2.75) is 19.1 Å². The SMILES string of the molecule is O=C(N[C@@H](Cc1ccc(O)cc1)C(=O)NC(=O)c1ccccc1)OCc1ccccc1. The van der Waals surface area contributed by atoms with Crippen molar-refractivity contribution in [3.05, 3.63) is 102 Å². The highest BCUT2D eigenvalue weighted by Gasteiger charge is 2.24. The Kier molecular flexibility index (Phi) is 7.37. The molecule has 3 aromatic carbocycles. The van der Waals surface area contributed by atoms with Crippen LogP contribution in [0.1, 0.15) is 21.5 Å². The zero-order valence-corrected chi connectivity index (χ0v) is 16.7. The molecule has 0 heterocycles. The van der Waals surface area contributed by atoms with Crippen LogP contribution >= 0.6 is 0 Å². The Morgan fingerprint density at radius 2 is 1.42 bits per heavy atom. The monoisotopic (exact) mass is 418 g/mol. The molecule has 3 rings (SSSR count). The van der Waals surface area contributed by atoms with Gasteiger partial charge in [0.15, 0.2) is 0 Å². The quantitative estimate of drug-likeness (QED) is 0.547. The molecule has 0 fully saturated rings. The van der Waals surface area contributed by atoms with Crippen LogP contribution in [-0.4, -0.2) is 29.1 Å². The second-order valence-corrected chi connectivity index (χ2v) is 6.81. The molecule has 0 bridgehead atoms. The minimum Gasteiger partial charge on any atom is -0.508 e. The molecule has 1 atom stereocenters. The van der Waals surface area contributed by atoms with E-state index in [-0.39, 0.29) is 18.8 Å². The first-order valence-electron chi connectivity index (χ1n) is 9.66. The summed E-state index contributed by atoms with van der Waals surface area (Å²) in [5.41, 5.74) is 1.82. The molecule has 158 valence electrons. The lowest BCUT2D eigenvalue weighted by molar-refractivity contribution is -0.122. The first-order valence-corrected chi connectivity index (χ1v) is 9.66. The van der Waals surface area contributed by atoms with Crippen LogP contribution in [0.25, 0.3) is 0 Å². The molecule has 7 nitrogen and oxygen atoms in total. The van der Waals surface area contributed by atoms with Gasteiger partial charge in [-0.05, 0) is 35.4 Å². The van der Waals surface area contributed by atoms with Gasteiger partial charge in [-0.3, -0.25) is 14.9 Å². The summed E-state index contributed by atoms with van der Waals surface area (Å²) >= 11 is 0. The molecule has 0 aliphatic carbocycles. The maximum absolute atomic E-state index is 12.8. The lowest BCUT2D eigenvalue weighted by atomic mass is 10.0. The number of phenols is 1. The third kappa shape index (κ3) is 6.71. The smallest absolute Gasteiger partial charge is 0.408 e. The van der Waals surface area contributed by atoms with Crippen molar-refractivity contribution in [1.82, 2.24) is 10.6 Å². The van der Waals surface area contributed by atoms with Gasteiger partial charge in [-0.2, -0.15) is 0 Å². The summed E-state index contributed by atoms with van der Waals surface area (Å²) in [6.45, 7) is 0.0448. The van der Waals surface area contributed by atoms with E-state index in [0.29, 0.717) is 11.1 Å². The van der Waals surface area contributed by atoms with E-state index in [9.17, 15) is 19.5 Å². The summed E-state index contributed by atoms with van der Waals surface area (Å²) in [7, 11) is 0. The first kappa shape index (κ1) is 21.6. The summed E-state index contributed by atoms with van der Waals surface area (Å²) in [4.78, 5) is 37.4. The molecule has 3 aromatic rings. The van der Waals surface area contributed by atoms with Gasteiger partial charge in [0, 0.05) is 12.0 Å². The Labute approximate surface area is 179 Å². The highest BCUT2D eigenvalue weighted by molar-refractivity contribution is 6.06. The topological polar surface area (TPSA) is 105 Å². The third-order valence-corrected chi connectivity index (χ3v) is 4.47. The molecule has 0 aromatic heterocycles. The Balaban J connectivity index is 1.67. The van der Waals surface area contributed by atoms with Crippen molar-refractivity contribution < 1.29 is 24.2 Å². The number of ether oxygens (including phenoxy) is 1. The summed E-state index contributed by atoms with van der Waals surface area (Å²) in [5, 5.41) is 14.3. The highest BCUT2D eigenvalue weighted by atomic mass is 16.5. The van der Waals surface area contributed by atoms with E-state index in [1.54, 1.807) is 42.5 Å². The molecule has 3 N–H and O–H groups in total. The predicted molar refractivity (Wildman–Crippen MR) is 114 cm³/mol. The maximum Gasteiger partial charge on any atom is 0.408 e. The van der Waals surface area contributed by atoms with Crippen LogP contribution in [0.2, 0.25) is 0 Å². The largest absolute Gasteiger partial charge is 0.508 e. The van der Waals surface area contributed by atoms with Crippen molar-refractivity contribution in [3.63, 3.8) is 0 Å². The minimum absolute atomic E-state index is 0.0448. The second kappa shape index (κ2) is 10.6. The lowest BCUT2D eigenvalue weighted by Gasteiger charge is -2.18. The van der Waals surface area contributed by atoms with Crippen LogP contribution in [0.4, 0.5) is 4.79 Å². The number of phenolic OH excluding ortho intramolecular Hbond substituents is 1. The Morgan fingerprint density at radius 1 is 0.806 bits per heavy atom. The van der Waals surface area contributed by atoms with Crippen LogP contribution in [0.3, 0.4) is 0 Å². The summed E-state index contributed by atoms with van der Waals surface area (Å²) < 4.78 is 5.20. The van der Waals surface area contributed by atoms with Crippen LogP contribution in [0.5, 0.6) is 5.75 Å². The zero-order valence-electron chi connectivity index (χ0n) is 16.7. The van der Waals surface area contributed by atoms with E-state index in [1.165, 1.54) is 12.1 Å². The number of amides is 3. The van der Waals surface area contributed by atoms with E-state index in [4.69, 9.17) is 4.74 Å². The Morgan fingerprint density at radius 3 is 2.06 bits per heavy atom. The fourth-order valence-electron chi connectivity index (χ4n) is 2.84. The number of hydrogen-bond acceptors (Lipinski definition) is 5. The van der Waals surface area contributed by atoms with E-state index >= 15 is 0 Å². The standard InChI is InChI=1S/C24H22N2O5/c27-20-13-11-17(12-14-20)15-21(23(29)26-22(28)19-9-5-2-6-10-19)25-24(30)31-16-18-7-3-1-4-8-18/h1-14,21,27H,15-16H2,(H,25,30)(H,26,28,29)/t21-/m0/s1. The number of hydrogen-bond donors (Lipinski definition) is 3. The Bertz CT molecular complexity index is 1020. The van der Waals surface area contributed by atoms with Crippen LogP contribution in [0, 0.1) is 0 Å². The van der Waals surface area contributed by atoms with Gasteiger partial charge in [0.1, 0.15) is 18.4 Å². The maximum atomic E-state index is 12.8. The molecule has 0 saturated carbocycles. The van der Waals surface area contributed by atoms with E-state index in [1.807, 2.05) is 30.3 Å². The van der Waals surface area contributed by atoms with Gasteiger partial charge in [-0.1, -0.05) is 60.7 Å². The van der Waals surface area contributed by atoms with Gasteiger partial charge in [-0.25, -0.2) is 4.79 Å². The number of rotatable bonds is 7. The van der Waals surface area contributed by atoms with Gasteiger partial charge >= 0.3 is 6.09 Å². The number of carbonyl (C=O) groups excluding carboxylic acids is 3. The number of nitrogens with one attached hydrogen (secondary N) is 2. The lowest BCUT2D eigenvalue weighted by Crippen LogP contribution is -2.49. The molecule has 31 heavy (non-hydrogen) atoms. The molecular weight excluding hydrogens is 396 g/mol. The van der Waals surface area contributed by atoms with Crippen molar-refractivity contribution in [1.29, 1.82) is 0 Å². The molecule has 0 aliphatic heterocycles. The molecule has 0 radical (unpaired) electrons. The van der Waals surface area contributed by atoms with Crippen LogP contribution in [0.15, 0.2) is 84.9 Å². The number of imide groups is 1. The molecule has 0 spiro atoms. The summed E-state index contributed by atoms with van der Waals surface area (Å²) in [6.07, 6.45) is -0.677. The van der Waals surface area contributed by atoms with E-state index < -0.39 is 23.9 Å². The first-order chi connectivity index (χ1) is 15.0. The predicted octanol–water partition coefficient (Wildman–Crippen LogP) is 3.19. The van der Waals surface area contributed by atoms with E-state index in [2.05, 4.69) is 10.6 Å². The minimum atomic E-state index is -1.06. The van der Waals surface area contributed by atoms with Crippen molar-refractivity contribution in [3.8, 4) is 5.75 Å². The fourth-order valence-corrected chi connectivity index (χ4v) is 2.84. The molecule has 3 amide bonds. The summed E-state index contributed by atoms with van der Waals surface area (Å²) in [6, 6.07) is 22.6. The van der Waals surface area contributed by atoms with Crippen molar-refractivity contribution in [2.75, 3.05) is 0 Å². The Hall–Kier alpha value is -4.13. The summed E-state index contributed by atoms with van der Waals surface area (Å²) in [5.74, 6) is -1.15. The van der Waals surface area contributed by atoms with Gasteiger partial charge in [-0.15, -0.1) is 0 Å². The van der Waals surface area contributed by atoms with Crippen molar-refractivity contribution >= 4 is 17.9 Å². The van der Waals surface area contributed by atoms with Gasteiger partial charge < -0.3 is 15.2 Å². The number of aromatic hydroxyl groups is 1. The molecule has 0 saturated heterocycles. The fraction of sp³-hybridized carbons (Fsp3) is 0.125. The molecular formula is C24H22N2O5. The molecule has 0 aliphatic rings. The van der Waals surface area contributed by atoms with Gasteiger partial charge in [0.05, 0.1) is 0 Å². The number of benzene rings is 3.